The van der Waals surface area contributed by atoms with E-state index in [9.17, 15) is 0 Å². The summed E-state index contributed by atoms with van der Waals surface area (Å²) in [7, 11) is 0. The topological polar surface area (TPSA) is 0 Å². The van der Waals surface area contributed by atoms with E-state index in [1.165, 1.54) is 24.8 Å². The largest absolute Gasteiger partial charge is 0.143 e. The van der Waals surface area contributed by atoms with Gasteiger partial charge in [0.25, 0.3) is 0 Å². The number of halogens is 2. The zero-order chi connectivity index (χ0) is 9.42. The van der Waals surface area contributed by atoms with Gasteiger partial charge in [-0.1, -0.05) is 15.9 Å². The van der Waals surface area contributed by atoms with Crippen LogP contribution in [0.4, 0.5) is 0 Å². The van der Waals surface area contributed by atoms with Crippen LogP contribution in [0.2, 0.25) is 0 Å². The van der Waals surface area contributed by atoms with E-state index >= 15 is 0 Å². The van der Waals surface area contributed by atoms with E-state index in [0.29, 0.717) is 0 Å². The van der Waals surface area contributed by atoms with Gasteiger partial charge in [0, 0.05) is 19.0 Å². The SMILES string of the molecule is Cc1csc2cc(CBr)cc(I)c12. The Balaban J connectivity index is 2.79. The highest BCUT2D eigenvalue weighted by atomic mass is 127. The number of thiophene rings is 1. The van der Waals surface area contributed by atoms with Gasteiger partial charge in [-0.05, 0) is 58.2 Å². The molecule has 0 aliphatic heterocycles. The van der Waals surface area contributed by atoms with Crippen LogP contribution in [-0.4, -0.2) is 0 Å². The molecule has 0 N–H and O–H groups in total. The average Bonchev–Trinajstić information content (AvgIpc) is 2.48. The molecule has 0 aliphatic carbocycles. The van der Waals surface area contributed by atoms with Crippen molar-refractivity contribution in [3.63, 3.8) is 0 Å². The molecule has 0 nitrogen and oxygen atoms in total. The molecule has 1 aromatic heterocycles. The van der Waals surface area contributed by atoms with Crippen molar-refractivity contribution in [2.24, 2.45) is 0 Å². The third-order valence-electron chi connectivity index (χ3n) is 2.03. The van der Waals surface area contributed by atoms with Gasteiger partial charge in [-0.15, -0.1) is 11.3 Å². The second kappa shape index (κ2) is 3.87. The number of rotatable bonds is 1. The van der Waals surface area contributed by atoms with Crippen molar-refractivity contribution in [2.45, 2.75) is 12.3 Å². The average molecular weight is 367 g/mol. The van der Waals surface area contributed by atoms with E-state index in [4.69, 9.17) is 0 Å². The van der Waals surface area contributed by atoms with Gasteiger partial charge in [0.05, 0.1) is 0 Å². The van der Waals surface area contributed by atoms with Crippen LogP contribution in [0.3, 0.4) is 0 Å². The third-order valence-corrected chi connectivity index (χ3v) is 4.57. The van der Waals surface area contributed by atoms with Gasteiger partial charge < -0.3 is 0 Å². The zero-order valence-electron chi connectivity index (χ0n) is 7.10. The molecule has 0 bridgehead atoms. The van der Waals surface area contributed by atoms with E-state index in [1.807, 2.05) is 11.3 Å². The van der Waals surface area contributed by atoms with Gasteiger partial charge in [0.2, 0.25) is 0 Å². The Labute approximate surface area is 104 Å². The fourth-order valence-electron chi connectivity index (χ4n) is 1.40. The normalized spacial score (nSPS) is 11.0. The van der Waals surface area contributed by atoms with Crippen molar-refractivity contribution in [1.82, 2.24) is 0 Å². The second-order valence-electron chi connectivity index (χ2n) is 3.00. The number of hydrogen-bond donors (Lipinski definition) is 0. The summed E-state index contributed by atoms with van der Waals surface area (Å²) >= 11 is 7.73. The maximum atomic E-state index is 3.49. The summed E-state index contributed by atoms with van der Waals surface area (Å²) in [6.45, 7) is 2.18. The quantitative estimate of drug-likeness (QED) is 0.506. The van der Waals surface area contributed by atoms with Crippen molar-refractivity contribution in [3.05, 3.63) is 32.2 Å². The van der Waals surface area contributed by atoms with Gasteiger partial charge in [-0.3, -0.25) is 0 Å². The van der Waals surface area contributed by atoms with E-state index in [-0.39, 0.29) is 0 Å². The third kappa shape index (κ3) is 1.78. The van der Waals surface area contributed by atoms with Crippen molar-refractivity contribution >= 4 is 59.9 Å². The molecule has 0 spiro atoms. The molecule has 0 fully saturated rings. The highest BCUT2D eigenvalue weighted by Crippen LogP contribution is 2.31. The van der Waals surface area contributed by atoms with E-state index in [2.05, 4.69) is 63.0 Å². The van der Waals surface area contributed by atoms with Crippen molar-refractivity contribution in [2.75, 3.05) is 0 Å². The Morgan fingerprint density at radius 3 is 2.92 bits per heavy atom. The Bertz CT molecular complexity index is 447. The van der Waals surface area contributed by atoms with Gasteiger partial charge in [-0.2, -0.15) is 0 Å². The molecule has 1 aromatic carbocycles. The molecule has 3 heteroatoms. The lowest BCUT2D eigenvalue weighted by molar-refractivity contribution is 1.45. The fraction of sp³-hybridized carbons (Fsp3) is 0.200. The van der Waals surface area contributed by atoms with Gasteiger partial charge in [-0.25, -0.2) is 0 Å². The molecule has 0 aliphatic rings. The van der Waals surface area contributed by atoms with Gasteiger partial charge in [0.1, 0.15) is 0 Å². The van der Waals surface area contributed by atoms with Crippen LogP contribution >= 0.6 is 49.9 Å². The van der Waals surface area contributed by atoms with Crippen LogP contribution in [-0.2, 0) is 5.33 Å². The summed E-state index contributed by atoms with van der Waals surface area (Å²) < 4.78 is 2.77. The highest BCUT2D eigenvalue weighted by Gasteiger charge is 2.05. The maximum Gasteiger partial charge on any atom is 0.0359 e. The van der Waals surface area contributed by atoms with Crippen molar-refractivity contribution in [1.29, 1.82) is 0 Å². The second-order valence-corrected chi connectivity index (χ2v) is 5.64. The van der Waals surface area contributed by atoms with Crippen LogP contribution in [0, 0.1) is 10.5 Å². The summed E-state index contributed by atoms with van der Waals surface area (Å²) in [6, 6.07) is 4.52. The standard InChI is InChI=1S/C10H8BrIS/c1-6-5-13-9-3-7(4-11)2-8(12)10(6)9/h2-3,5H,4H2,1H3. The number of alkyl halides is 1. The predicted molar refractivity (Wildman–Crippen MR) is 71.9 cm³/mol. The molecular weight excluding hydrogens is 359 g/mol. The number of fused-ring (bicyclic) bond motifs is 1. The first-order valence-electron chi connectivity index (χ1n) is 3.94. The molecule has 0 atom stereocenters. The molecule has 2 rings (SSSR count). The van der Waals surface area contributed by atoms with Gasteiger partial charge in [0.15, 0.2) is 0 Å². The highest BCUT2D eigenvalue weighted by molar-refractivity contribution is 14.1. The first-order valence-corrected chi connectivity index (χ1v) is 7.02. The zero-order valence-corrected chi connectivity index (χ0v) is 11.7. The minimum atomic E-state index is 0.940. The van der Waals surface area contributed by atoms with E-state index in [0.717, 1.165) is 5.33 Å². The first kappa shape index (κ1) is 9.93. The molecule has 2 aromatic rings. The first-order chi connectivity index (χ1) is 6.22. The minimum absolute atomic E-state index is 0.940. The molecule has 0 unspecified atom stereocenters. The molecule has 0 saturated heterocycles. The lowest BCUT2D eigenvalue weighted by atomic mass is 10.1. The van der Waals surface area contributed by atoms with Crippen molar-refractivity contribution < 1.29 is 0 Å². The Kier molecular flexibility index (Phi) is 2.95. The van der Waals surface area contributed by atoms with Crippen molar-refractivity contribution in [3.8, 4) is 0 Å². The van der Waals surface area contributed by atoms with Crippen LogP contribution in [0.15, 0.2) is 17.5 Å². The summed E-state index contributed by atoms with van der Waals surface area (Å²) in [5.74, 6) is 0. The maximum absolute atomic E-state index is 3.49. The lowest BCUT2D eigenvalue weighted by Crippen LogP contribution is -1.81. The van der Waals surface area contributed by atoms with E-state index < -0.39 is 0 Å². The summed E-state index contributed by atoms with van der Waals surface area (Å²) in [4.78, 5) is 0. The predicted octanol–water partition coefficient (Wildman–Crippen LogP) is 4.71. The van der Waals surface area contributed by atoms with E-state index in [1.54, 1.807) is 0 Å². The molecular formula is C10H8BrIS. The summed E-state index contributed by atoms with van der Waals surface area (Å²) in [5, 5.41) is 4.59. The number of hydrogen-bond acceptors (Lipinski definition) is 1. The number of benzene rings is 1. The molecule has 1 heterocycles. The summed E-state index contributed by atoms with van der Waals surface area (Å²) in [6.07, 6.45) is 0. The Morgan fingerprint density at radius 2 is 2.23 bits per heavy atom. The molecule has 0 amide bonds. The smallest absolute Gasteiger partial charge is 0.0359 e. The van der Waals surface area contributed by atoms with Crippen LogP contribution < -0.4 is 0 Å². The Hall–Kier alpha value is 0.390. The van der Waals surface area contributed by atoms with Crippen LogP contribution in [0.5, 0.6) is 0 Å². The Morgan fingerprint density at radius 1 is 1.46 bits per heavy atom. The van der Waals surface area contributed by atoms with Gasteiger partial charge >= 0.3 is 0 Å². The molecule has 68 valence electrons. The monoisotopic (exact) mass is 366 g/mol. The lowest BCUT2D eigenvalue weighted by Gasteiger charge is -2.00. The number of aryl methyl sites for hydroxylation is 1. The minimum Gasteiger partial charge on any atom is -0.143 e. The van der Waals surface area contributed by atoms with Crippen LogP contribution in [0.1, 0.15) is 11.1 Å². The van der Waals surface area contributed by atoms with Crippen LogP contribution in [0.25, 0.3) is 10.1 Å². The molecule has 0 saturated carbocycles. The molecule has 0 radical (unpaired) electrons. The fourth-order valence-corrected chi connectivity index (χ4v) is 4.05. The summed E-state index contributed by atoms with van der Waals surface area (Å²) in [5.41, 5.74) is 2.75. The molecule has 13 heavy (non-hydrogen) atoms.